The Hall–Kier alpha value is -2.83. The second-order valence-corrected chi connectivity index (χ2v) is 8.21. The Balaban J connectivity index is 1.62. The third kappa shape index (κ3) is 4.45. The van der Waals surface area contributed by atoms with Gasteiger partial charge in [-0.1, -0.05) is 35.3 Å². The molecule has 1 aliphatic rings. The molecule has 8 heteroatoms. The zero-order valence-electron chi connectivity index (χ0n) is 17.0. The van der Waals surface area contributed by atoms with Gasteiger partial charge in [0.2, 0.25) is 0 Å². The Morgan fingerprint density at radius 1 is 1.10 bits per heavy atom. The van der Waals surface area contributed by atoms with Crippen molar-refractivity contribution in [1.29, 1.82) is 0 Å². The number of carbonyl (C=O) groups is 2. The molecule has 31 heavy (non-hydrogen) atoms. The lowest BCUT2D eigenvalue weighted by atomic mass is 10.1. The monoisotopic (exact) mass is 457 g/mol. The van der Waals surface area contributed by atoms with E-state index in [0.717, 1.165) is 31.5 Å². The zero-order valence-corrected chi connectivity index (χ0v) is 18.5. The molecule has 2 heterocycles. The average Bonchev–Trinajstić information content (AvgIpc) is 3.28. The van der Waals surface area contributed by atoms with Gasteiger partial charge in [-0.05, 0) is 44.0 Å². The van der Waals surface area contributed by atoms with Crippen molar-refractivity contribution < 1.29 is 14.3 Å². The lowest BCUT2D eigenvalue weighted by Crippen LogP contribution is -2.32. The third-order valence-electron chi connectivity index (χ3n) is 5.26. The highest BCUT2D eigenvalue weighted by Crippen LogP contribution is 2.33. The predicted molar refractivity (Wildman–Crippen MR) is 122 cm³/mol. The number of hydrogen-bond donors (Lipinski definition) is 1. The standard InChI is InChI=1S/C23H21Cl2N3O3/c1-14-12-26-21-15(22(14)31-13-19(29)28-10-2-3-11-28)6-4-9-18(21)27-23(30)20-16(24)7-5-8-17(20)25/h4-9,12H,2-3,10-11,13H2,1H3,(H,27,30). The molecule has 1 aromatic heterocycles. The van der Waals surface area contributed by atoms with E-state index in [4.69, 9.17) is 27.9 Å². The second-order valence-electron chi connectivity index (χ2n) is 7.40. The highest BCUT2D eigenvalue weighted by atomic mass is 35.5. The van der Waals surface area contributed by atoms with Crippen molar-refractivity contribution in [3.8, 4) is 5.75 Å². The third-order valence-corrected chi connectivity index (χ3v) is 5.89. The molecule has 0 spiro atoms. The Morgan fingerprint density at radius 2 is 1.77 bits per heavy atom. The number of pyridine rings is 1. The van der Waals surface area contributed by atoms with Gasteiger partial charge in [-0.25, -0.2) is 0 Å². The Labute approximate surface area is 190 Å². The number of likely N-dealkylation sites (tertiary alicyclic amines) is 1. The summed E-state index contributed by atoms with van der Waals surface area (Å²) in [5, 5.41) is 4.07. The van der Waals surface area contributed by atoms with Gasteiger partial charge in [0.1, 0.15) is 5.75 Å². The second kappa shape index (κ2) is 9.12. The van der Waals surface area contributed by atoms with Crippen LogP contribution < -0.4 is 10.1 Å². The molecule has 2 amide bonds. The SMILES string of the molecule is Cc1cnc2c(NC(=O)c3c(Cl)cccc3Cl)cccc2c1OCC(=O)N1CCCC1. The molecule has 3 aromatic rings. The molecule has 0 aliphatic carbocycles. The summed E-state index contributed by atoms with van der Waals surface area (Å²) in [7, 11) is 0. The number of rotatable bonds is 5. The summed E-state index contributed by atoms with van der Waals surface area (Å²) in [5.74, 6) is 0.112. The summed E-state index contributed by atoms with van der Waals surface area (Å²) in [6.45, 7) is 3.39. The highest BCUT2D eigenvalue weighted by molar-refractivity contribution is 6.40. The van der Waals surface area contributed by atoms with Gasteiger partial charge in [0, 0.05) is 30.2 Å². The topological polar surface area (TPSA) is 71.5 Å². The van der Waals surface area contributed by atoms with Crippen LogP contribution in [0.1, 0.15) is 28.8 Å². The zero-order chi connectivity index (χ0) is 22.0. The van der Waals surface area contributed by atoms with Crippen LogP contribution in [0.5, 0.6) is 5.75 Å². The fraction of sp³-hybridized carbons (Fsp3) is 0.261. The lowest BCUT2D eigenvalue weighted by molar-refractivity contribution is -0.132. The van der Waals surface area contributed by atoms with Gasteiger partial charge in [0.05, 0.1) is 26.8 Å². The number of aromatic nitrogens is 1. The molecule has 0 unspecified atom stereocenters. The van der Waals surface area contributed by atoms with Gasteiger partial charge < -0.3 is 15.0 Å². The first-order chi connectivity index (χ1) is 15.0. The number of hydrogen-bond acceptors (Lipinski definition) is 4. The molecule has 0 bridgehead atoms. The number of ether oxygens (including phenoxy) is 1. The number of anilines is 1. The van der Waals surface area contributed by atoms with Crippen LogP contribution >= 0.6 is 23.2 Å². The van der Waals surface area contributed by atoms with Crippen LogP contribution in [0.2, 0.25) is 10.0 Å². The number of halogens is 2. The predicted octanol–water partition coefficient (Wildman–Crippen LogP) is 5.10. The summed E-state index contributed by atoms with van der Waals surface area (Å²) in [5.41, 5.74) is 2.05. The summed E-state index contributed by atoms with van der Waals surface area (Å²) >= 11 is 12.3. The molecule has 6 nitrogen and oxygen atoms in total. The average molecular weight is 458 g/mol. The molecule has 160 valence electrons. The molecule has 0 atom stereocenters. The van der Waals surface area contributed by atoms with Gasteiger partial charge >= 0.3 is 0 Å². The van der Waals surface area contributed by atoms with Crippen LogP contribution in [-0.2, 0) is 4.79 Å². The van der Waals surface area contributed by atoms with Crippen molar-refractivity contribution in [2.45, 2.75) is 19.8 Å². The smallest absolute Gasteiger partial charge is 0.260 e. The number of benzene rings is 2. The van der Waals surface area contributed by atoms with E-state index in [-0.39, 0.29) is 28.1 Å². The van der Waals surface area contributed by atoms with Crippen LogP contribution in [0.3, 0.4) is 0 Å². The van der Waals surface area contributed by atoms with E-state index in [1.807, 2.05) is 17.9 Å². The van der Waals surface area contributed by atoms with Crippen molar-refractivity contribution in [2.75, 3.05) is 25.0 Å². The molecule has 2 aromatic carbocycles. The van der Waals surface area contributed by atoms with E-state index in [1.165, 1.54) is 0 Å². The van der Waals surface area contributed by atoms with Crippen LogP contribution in [0.15, 0.2) is 42.6 Å². The maximum absolute atomic E-state index is 12.8. The number of nitrogens with zero attached hydrogens (tertiary/aromatic N) is 2. The van der Waals surface area contributed by atoms with Crippen LogP contribution in [0.25, 0.3) is 10.9 Å². The number of amides is 2. The van der Waals surface area contributed by atoms with Gasteiger partial charge in [0.15, 0.2) is 6.61 Å². The van der Waals surface area contributed by atoms with E-state index in [9.17, 15) is 9.59 Å². The maximum atomic E-state index is 12.8. The van der Waals surface area contributed by atoms with Crippen LogP contribution in [-0.4, -0.2) is 41.4 Å². The van der Waals surface area contributed by atoms with Crippen molar-refractivity contribution >= 4 is 51.6 Å². The Morgan fingerprint density at radius 3 is 2.48 bits per heavy atom. The maximum Gasteiger partial charge on any atom is 0.260 e. The fourth-order valence-corrected chi connectivity index (χ4v) is 4.25. The largest absolute Gasteiger partial charge is 0.483 e. The number of aryl methyl sites for hydroxylation is 1. The van der Waals surface area contributed by atoms with Crippen molar-refractivity contribution in [3.05, 3.63) is 63.8 Å². The summed E-state index contributed by atoms with van der Waals surface area (Å²) in [4.78, 5) is 31.5. The fourth-order valence-electron chi connectivity index (χ4n) is 3.68. The van der Waals surface area contributed by atoms with Crippen LogP contribution in [0.4, 0.5) is 5.69 Å². The molecule has 4 rings (SSSR count). The van der Waals surface area contributed by atoms with E-state index >= 15 is 0 Å². The minimum atomic E-state index is -0.433. The number of carbonyl (C=O) groups excluding carboxylic acids is 2. The lowest BCUT2D eigenvalue weighted by Gasteiger charge is -2.18. The van der Waals surface area contributed by atoms with Crippen molar-refractivity contribution in [3.63, 3.8) is 0 Å². The first kappa shape index (κ1) is 21.4. The van der Waals surface area contributed by atoms with E-state index in [0.29, 0.717) is 22.3 Å². The first-order valence-corrected chi connectivity index (χ1v) is 10.8. The van der Waals surface area contributed by atoms with Gasteiger partial charge in [0.25, 0.3) is 11.8 Å². The molecule has 0 radical (unpaired) electrons. The molecular weight excluding hydrogens is 437 g/mol. The molecule has 1 saturated heterocycles. The number of nitrogens with one attached hydrogen (secondary N) is 1. The van der Waals surface area contributed by atoms with E-state index in [1.54, 1.807) is 36.5 Å². The first-order valence-electron chi connectivity index (χ1n) is 10.00. The number of para-hydroxylation sites is 1. The van der Waals surface area contributed by atoms with E-state index in [2.05, 4.69) is 10.3 Å². The summed E-state index contributed by atoms with van der Waals surface area (Å²) in [6.07, 6.45) is 3.72. The molecular formula is C23H21Cl2N3O3. The molecule has 1 fully saturated rings. The summed E-state index contributed by atoms with van der Waals surface area (Å²) < 4.78 is 5.92. The summed E-state index contributed by atoms with van der Waals surface area (Å²) in [6, 6.07) is 10.3. The minimum Gasteiger partial charge on any atom is -0.483 e. The normalized spacial score (nSPS) is 13.5. The van der Waals surface area contributed by atoms with Crippen molar-refractivity contribution in [1.82, 2.24) is 9.88 Å². The highest BCUT2D eigenvalue weighted by Gasteiger charge is 2.20. The van der Waals surface area contributed by atoms with Crippen LogP contribution in [0, 0.1) is 6.92 Å². The molecule has 1 N–H and O–H groups in total. The number of fused-ring (bicyclic) bond motifs is 1. The van der Waals surface area contributed by atoms with Crippen molar-refractivity contribution in [2.24, 2.45) is 0 Å². The molecule has 1 aliphatic heterocycles. The Bertz CT molecular complexity index is 1140. The van der Waals surface area contributed by atoms with E-state index < -0.39 is 5.91 Å². The minimum absolute atomic E-state index is 0.0281. The quantitative estimate of drug-likeness (QED) is 0.577. The van der Waals surface area contributed by atoms with Gasteiger partial charge in [-0.3, -0.25) is 14.6 Å². The Kier molecular flexibility index (Phi) is 6.30. The molecule has 0 saturated carbocycles. The van der Waals surface area contributed by atoms with Gasteiger partial charge in [-0.2, -0.15) is 0 Å². The van der Waals surface area contributed by atoms with Gasteiger partial charge in [-0.15, -0.1) is 0 Å².